The third-order valence-electron chi connectivity index (χ3n) is 1.28. The monoisotopic (exact) mass is 147 g/mol. The van der Waals surface area contributed by atoms with Gasteiger partial charge in [-0.25, -0.2) is 15.1 Å². The fourth-order valence-corrected chi connectivity index (χ4v) is 0.759. The second kappa shape index (κ2) is 2.12. The highest BCUT2D eigenvalue weighted by atomic mass is 15.4. The zero-order valence-electron chi connectivity index (χ0n) is 5.65. The molecular weight excluding hydrogens is 142 g/mol. The Morgan fingerprint density at radius 3 is 3.27 bits per heavy atom. The summed E-state index contributed by atoms with van der Waals surface area (Å²) < 4.78 is 0. The maximum atomic E-state index is 4.07. The molecule has 2 aromatic heterocycles. The first-order valence-electron chi connectivity index (χ1n) is 3.06. The summed E-state index contributed by atoms with van der Waals surface area (Å²) in [7, 11) is 0. The molecule has 54 valence electrons. The van der Waals surface area contributed by atoms with Crippen molar-refractivity contribution < 1.29 is 0 Å². The van der Waals surface area contributed by atoms with Crippen molar-refractivity contribution in [3.63, 3.8) is 0 Å². The van der Waals surface area contributed by atoms with Crippen LogP contribution in [0.25, 0.3) is 17.4 Å². The van der Waals surface area contributed by atoms with Crippen molar-refractivity contribution in [3.05, 3.63) is 18.5 Å². The van der Waals surface area contributed by atoms with Gasteiger partial charge in [-0.3, -0.25) is 0 Å². The molecule has 0 radical (unpaired) electrons. The molecule has 0 aliphatic carbocycles. The Balaban J connectivity index is 2.76. The van der Waals surface area contributed by atoms with E-state index in [1.165, 1.54) is 0 Å². The molecule has 2 aromatic rings. The van der Waals surface area contributed by atoms with Crippen LogP contribution in [-0.2, 0) is 0 Å². The van der Waals surface area contributed by atoms with E-state index in [1.54, 1.807) is 12.3 Å². The summed E-state index contributed by atoms with van der Waals surface area (Å²) in [5.74, 6) is 0. The van der Waals surface area contributed by atoms with Crippen LogP contribution in [0, 0.1) is 0 Å². The van der Waals surface area contributed by atoms with E-state index in [1.807, 2.05) is 0 Å². The lowest BCUT2D eigenvalue weighted by atomic mass is 10.4. The van der Waals surface area contributed by atoms with Crippen molar-refractivity contribution in [1.82, 2.24) is 25.4 Å². The molecule has 0 bridgehead atoms. The van der Waals surface area contributed by atoms with E-state index in [0.29, 0.717) is 17.0 Å². The van der Waals surface area contributed by atoms with Gasteiger partial charge in [0.25, 0.3) is 0 Å². The average Bonchev–Trinajstić information content (AvgIpc) is 2.50. The Kier molecular flexibility index (Phi) is 1.15. The first-order valence-corrected chi connectivity index (χ1v) is 3.06. The molecule has 5 heteroatoms. The number of fused-ring (bicyclic) bond motifs is 1. The quantitative estimate of drug-likeness (QED) is 0.633. The average molecular weight is 147 g/mol. The van der Waals surface area contributed by atoms with Gasteiger partial charge >= 0.3 is 0 Å². The molecule has 0 unspecified atom stereocenters. The van der Waals surface area contributed by atoms with Crippen LogP contribution in [0.2, 0.25) is 0 Å². The Morgan fingerprint density at radius 2 is 2.45 bits per heavy atom. The molecule has 0 saturated carbocycles. The van der Waals surface area contributed by atoms with Crippen LogP contribution in [0.4, 0.5) is 0 Å². The molecule has 0 fully saturated rings. The summed E-state index contributed by atoms with van der Waals surface area (Å²) in [5.41, 5.74) is 1.81. The number of hydrogen-bond donors (Lipinski definition) is 1. The molecular formula is C6H5N5. The minimum atomic E-state index is 0.516. The summed E-state index contributed by atoms with van der Waals surface area (Å²) in [6.07, 6.45) is 3.22. The van der Waals surface area contributed by atoms with Crippen molar-refractivity contribution in [2.75, 3.05) is 0 Å². The van der Waals surface area contributed by atoms with E-state index in [4.69, 9.17) is 0 Å². The lowest BCUT2D eigenvalue weighted by Gasteiger charge is -1.87. The summed E-state index contributed by atoms with van der Waals surface area (Å²) in [6, 6.07) is 0. The standard InChI is InChI=1S/C6H5N5/c1-2-4-3-7-5-6(8-4)10-11-9-5/h2-3H,1H2,(H,7,8,9,10,11). The second-order valence-corrected chi connectivity index (χ2v) is 1.98. The molecule has 2 rings (SSSR count). The van der Waals surface area contributed by atoms with Crippen LogP contribution in [0.15, 0.2) is 12.8 Å². The van der Waals surface area contributed by atoms with Gasteiger partial charge in [0.2, 0.25) is 5.65 Å². The highest BCUT2D eigenvalue weighted by molar-refractivity contribution is 5.64. The van der Waals surface area contributed by atoms with Gasteiger partial charge in [-0.1, -0.05) is 11.8 Å². The molecule has 5 nitrogen and oxygen atoms in total. The van der Waals surface area contributed by atoms with Crippen molar-refractivity contribution in [1.29, 1.82) is 0 Å². The number of H-pyrrole nitrogens is 1. The molecule has 11 heavy (non-hydrogen) atoms. The number of aromatic amines is 1. The van der Waals surface area contributed by atoms with Gasteiger partial charge in [0.1, 0.15) is 0 Å². The maximum Gasteiger partial charge on any atom is 0.221 e. The smallest absolute Gasteiger partial charge is 0.221 e. The zero-order chi connectivity index (χ0) is 7.68. The largest absolute Gasteiger partial charge is 0.239 e. The van der Waals surface area contributed by atoms with E-state index >= 15 is 0 Å². The fourth-order valence-electron chi connectivity index (χ4n) is 0.759. The molecule has 0 spiro atoms. The van der Waals surface area contributed by atoms with Crippen LogP contribution in [0.5, 0.6) is 0 Å². The predicted molar refractivity (Wildman–Crippen MR) is 39.6 cm³/mol. The summed E-state index contributed by atoms with van der Waals surface area (Å²) >= 11 is 0. The maximum absolute atomic E-state index is 4.07. The number of nitrogens with one attached hydrogen (secondary N) is 1. The number of aromatic nitrogens is 5. The van der Waals surface area contributed by atoms with E-state index in [9.17, 15) is 0 Å². The second-order valence-electron chi connectivity index (χ2n) is 1.98. The Morgan fingerprint density at radius 1 is 1.55 bits per heavy atom. The Labute approximate surface area is 62.2 Å². The number of rotatable bonds is 1. The SMILES string of the molecule is C=Cc1cnc2[nH]nnc2n1. The summed E-state index contributed by atoms with van der Waals surface area (Å²) in [4.78, 5) is 8.07. The van der Waals surface area contributed by atoms with Crippen molar-refractivity contribution in [2.45, 2.75) is 0 Å². The lowest BCUT2D eigenvalue weighted by molar-refractivity contribution is 0.951. The van der Waals surface area contributed by atoms with Crippen LogP contribution in [-0.4, -0.2) is 25.4 Å². The van der Waals surface area contributed by atoms with Gasteiger partial charge in [-0.2, -0.15) is 0 Å². The fraction of sp³-hybridized carbons (Fsp3) is 0. The zero-order valence-corrected chi connectivity index (χ0v) is 5.65. The van der Waals surface area contributed by atoms with Crippen LogP contribution in [0.1, 0.15) is 5.69 Å². The molecule has 0 aliphatic heterocycles. The lowest BCUT2D eigenvalue weighted by Crippen LogP contribution is -1.84. The summed E-state index contributed by atoms with van der Waals surface area (Å²) in [5, 5.41) is 9.84. The minimum absolute atomic E-state index is 0.516. The number of hydrogen-bond acceptors (Lipinski definition) is 4. The van der Waals surface area contributed by atoms with Crippen molar-refractivity contribution in [2.24, 2.45) is 0 Å². The van der Waals surface area contributed by atoms with E-state index in [0.717, 1.165) is 0 Å². The molecule has 0 atom stereocenters. The van der Waals surface area contributed by atoms with Crippen LogP contribution < -0.4 is 0 Å². The molecule has 2 heterocycles. The van der Waals surface area contributed by atoms with Gasteiger partial charge in [0, 0.05) is 0 Å². The number of nitrogens with zero attached hydrogens (tertiary/aromatic N) is 4. The van der Waals surface area contributed by atoms with Gasteiger partial charge in [0.05, 0.1) is 11.9 Å². The van der Waals surface area contributed by atoms with Crippen LogP contribution in [0.3, 0.4) is 0 Å². The van der Waals surface area contributed by atoms with E-state index in [2.05, 4.69) is 32.0 Å². The van der Waals surface area contributed by atoms with Crippen molar-refractivity contribution >= 4 is 17.4 Å². The molecule has 0 amide bonds. The first kappa shape index (κ1) is 5.96. The Bertz CT molecular complexity index is 391. The normalized spacial score (nSPS) is 10.2. The highest BCUT2D eigenvalue weighted by Gasteiger charge is 1.98. The molecule has 1 N–H and O–H groups in total. The van der Waals surface area contributed by atoms with Gasteiger partial charge in [0.15, 0.2) is 5.65 Å². The van der Waals surface area contributed by atoms with Gasteiger partial charge in [-0.05, 0) is 6.08 Å². The molecule has 0 aliphatic rings. The predicted octanol–water partition coefficient (Wildman–Crippen LogP) is 0.391. The third kappa shape index (κ3) is 0.861. The molecule has 0 aromatic carbocycles. The van der Waals surface area contributed by atoms with Crippen LogP contribution >= 0.6 is 0 Å². The minimum Gasteiger partial charge on any atom is -0.239 e. The topological polar surface area (TPSA) is 67.3 Å². The molecule has 0 saturated heterocycles. The first-order chi connectivity index (χ1) is 5.40. The summed E-state index contributed by atoms with van der Waals surface area (Å²) in [6.45, 7) is 3.56. The van der Waals surface area contributed by atoms with E-state index < -0.39 is 0 Å². The third-order valence-corrected chi connectivity index (χ3v) is 1.28. The van der Waals surface area contributed by atoms with E-state index in [-0.39, 0.29) is 0 Å². The van der Waals surface area contributed by atoms with Crippen molar-refractivity contribution in [3.8, 4) is 0 Å². The van der Waals surface area contributed by atoms with Gasteiger partial charge in [-0.15, -0.1) is 5.10 Å². The highest BCUT2D eigenvalue weighted by Crippen LogP contribution is 2.01. The Hall–Kier alpha value is -1.78. The van der Waals surface area contributed by atoms with Gasteiger partial charge < -0.3 is 0 Å².